The highest BCUT2D eigenvalue weighted by Gasteiger charge is 2.24. The van der Waals surface area contributed by atoms with Crippen LogP contribution in [0.2, 0.25) is 0 Å². The molecule has 0 bridgehead atoms. The lowest BCUT2D eigenvalue weighted by Gasteiger charge is -2.14. The molecular weight excluding hydrogens is 404 g/mol. The SMILES string of the molecule is O=C1NCC(COc2c(Br)cc(CNC3CC3)cc2Br)O1. The number of nitrogens with one attached hydrogen (secondary N) is 2. The first-order valence-corrected chi connectivity index (χ1v) is 8.49. The molecule has 3 rings (SSSR count). The lowest BCUT2D eigenvalue weighted by molar-refractivity contribution is 0.104. The highest BCUT2D eigenvalue weighted by atomic mass is 79.9. The molecule has 1 saturated heterocycles. The van der Waals surface area contributed by atoms with Gasteiger partial charge in [0.15, 0.2) is 6.10 Å². The average molecular weight is 420 g/mol. The van der Waals surface area contributed by atoms with Crippen LogP contribution in [-0.4, -0.2) is 31.4 Å². The molecule has 21 heavy (non-hydrogen) atoms. The molecule has 114 valence electrons. The number of carbonyl (C=O) groups is 1. The Labute approximate surface area is 140 Å². The van der Waals surface area contributed by atoms with Crippen LogP contribution in [0.25, 0.3) is 0 Å². The molecule has 1 aliphatic heterocycles. The summed E-state index contributed by atoms with van der Waals surface area (Å²) in [5.74, 6) is 0.730. The van der Waals surface area contributed by atoms with Gasteiger partial charge in [0, 0.05) is 12.6 Å². The first-order valence-electron chi connectivity index (χ1n) is 6.90. The largest absolute Gasteiger partial charge is 0.487 e. The second kappa shape index (κ2) is 6.54. The summed E-state index contributed by atoms with van der Waals surface area (Å²) in [5, 5.41) is 6.08. The van der Waals surface area contributed by atoms with Gasteiger partial charge < -0.3 is 20.1 Å². The summed E-state index contributed by atoms with van der Waals surface area (Å²) in [4.78, 5) is 11.0. The fraction of sp³-hybridized carbons (Fsp3) is 0.500. The molecule has 2 N–H and O–H groups in total. The highest BCUT2D eigenvalue weighted by Crippen LogP contribution is 2.35. The van der Waals surface area contributed by atoms with Crippen molar-refractivity contribution in [2.45, 2.75) is 31.5 Å². The molecule has 1 aromatic rings. The molecule has 1 heterocycles. The maximum atomic E-state index is 11.0. The molecule has 1 aromatic carbocycles. The Morgan fingerprint density at radius 3 is 2.62 bits per heavy atom. The average Bonchev–Trinajstić information content (AvgIpc) is 3.17. The number of hydrogen-bond acceptors (Lipinski definition) is 4. The minimum Gasteiger partial charge on any atom is -0.487 e. The Kier molecular flexibility index (Phi) is 4.71. The van der Waals surface area contributed by atoms with Gasteiger partial charge in [0.2, 0.25) is 0 Å². The van der Waals surface area contributed by atoms with Crippen molar-refractivity contribution in [3.63, 3.8) is 0 Å². The van der Waals surface area contributed by atoms with Crippen LogP contribution in [0.3, 0.4) is 0 Å². The van der Waals surface area contributed by atoms with Gasteiger partial charge in [0.25, 0.3) is 0 Å². The van der Waals surface area contributed by atoms with Gasteiger partial charge in [-0.05, 0) is 62.4 Å². The third-order valence-electron chi connectivity index (χ3n) is 3.39. The fourth-order valence-corrected chi connectivity index (χ4v) is 3.61. The molecule has 1 aliphatic carbocycles. The van der Waals surface area contributed by atoms with Gasteiger partial charge in [-0.15, -0.1) is 0 Å². The maximum Gasteiger partial charge on any atom is 0.407 e. The number of benzene rings is 1. The van der Waals surface area contributed by atoms with E-state index in [2.05, 4.69) is 42.5 Å². The summed E-state index contributed by atoms with van der Waals surface area (Å²) < 4.78 is 12.6. The number of ether oxygens (including phenoxy) is 2. The lowest BCUT2D eigenvalue weighted by Crippen LogP contribution is -2.22. The minimum absolute atomic E-state index is 0.243. The molecule has 1 amide bonds. The van der Waals surface area contributed by atoms with E-state index in [1.54, 1.807) is 0 Å². The predicted molar refractivity (Wildman–Crippen MR) is 85.5 cm³/mol. The predicted octanol–water partition coefficient (Wildman–Crippen LogP) is 2.95. The van der Waals surface area contributed by atoms with Crippen LogP contribution in [0, 0.1) is 0 Å². The summed E-state index contributed by atoms with van der Waals surface area (Å²) in [6.07, 6.45) is 1.92. The Bertz CT molecular complexity index is 526. The fourth-order valence-electron chi connectivity index (χ4n) is 2.10. The van der Waals surface area contributed by atoms with Crippen LogP contribution >= 0.6 is 31.9 Å². The van der Waals surface area contributed by atoms with Crippen LogP contribution in [0.5, 0.6) is 5.75 Å². The normalized spacial score (nSPS) is 21.0. The van der Waals surface area contributed by atoms with Crippen LogP contribution < -0.4 is 15.4 Å². The second-order valence-corrected chi connectivity index (χ2v) is 6.97. The zero-order chi connectivity index (χ0) is 14.8. The third kappa shape index (κ3) is 4.11. The number of carbonyl (C=O) groups excluding carboxylic acids is 1. The third-order valence-corrected chi connectivity index (χ3v) is 4.57. The van der Waals surface area contributed by atoms with Gasteiger partial charge in [-0.3, -0.25) is 0 Å². The van der Waals surface area contributed by atoms with Crippen molar-refractivity contribution in [2.24, 2.45) is 0 Å². The highest BCUT2D eigenvalue weighted by molar-refractivity contribution is 9.11. The zero-order valence-corrected chi connectivity index (χ0v) is 14.5. The quantitative estimate of drug-likeness (QED) is 0.744. The molecule has 1 unspecified atom stereocenters. The van der Waals surface area contributed by atoms with Crippen LogP contribution in [0.15, 0.2) is 21.1 Å². The van der Waals surface area contributed by atoms with E-state index in [9.17, 15) is 4.79 Å². The molecule has 0 radical (unpaired) electrons. The molecular formula is C14H16Br2N2O3. The van der Waals surface area contributed by atoms with Crippen molar-refractivity contribution in [2.75, 3.05) is 13.2 Å². The maximum absolute atomic E-state index is 11.0. The summed E-state index contributed by atoms with van der Waals surface area (Å²) in [7, 11) is 0. The first-order chi connectivity index (χ1) is 10.1. The summed E-state index contributed by atoms with van der Waals surface area (Å²) in [6.45, 7) is 1.67. The van der Waals surface area contributed by atoms with Crippen molar-refractivity contribution in [3.05, 3.63) is 26.6 Å². The van der Waals surface area contributed by atoms with E-state index in [0.29, 0.717) is 19.2 Å². The Hall–Kier alpha value is -0.790. The van der Waals surface area contributed by atoms with Gasteiger partial charge in [0.1, 0.15) is 12.4 Å². The number of rotatable bonds is 6. The second-order valence-electron chi connectivity index (χ2n) is 5.26. The summed E-state index contributed by atoms with van der Waals surface area (Å²) in [5.41, 5.74) is 1.20. The van der Waals surface area contributed by atoms with Crippen molar-refractivity contribution >= 4 is 38.0 Å². The van der Waals surface area contributed by atoms with E-state index in [4.69, 9.17) is 9.47 Å². The van der Waals surface area contributed by atoms with E-state index >= 15 is 0 Å². The topological polar surface area (TPSA) is 59.6 Å². The Morgan fingerprint density at radius 2 is 2.05 bits per heavy atom. The standard InChI is InChI=1S/C14H16Br2N2O3/c15-11-3-8(5-17-9-1-2-9)4-12(16)13(11)20-7-10-6-18-14(19)21-10/h3-4,9-10,17H,1-2,5-7H2,(H,18,19). The smallest absolute Gasteiger partial charge is 0.407 e. The zero-order valence-electron chi connectivity index (χ0n) is 11.3. The van der Waals surface area contributed by atoms with Crippen molar-refractivity contribution in [1.82, 2.24) is 10.6 Å². The Morgan fingerprint density at radius 1 is 1.33 bits per heavy atom. The molecule has 5 nitrogen and oxygen atoms in total. The van der Waals surface area contributed by atoms with E-state index in [-0.39, 0.29) is 12.2 Å². The molecule has 2 fully saturated rings. The Balaban J connectivity index is 1.59. The number of alkyl carbamates (subject to hydrolysis) is 1. The summed E-state index contributed by atoms with van der Waals surface area (Å²) in [6, 6.07) is 4.78. The molecule has 7 heteroatoms. The molecule has 0 spiro atoms. The van der Waals surface area contributed by atoms with Crippen molar-refractivity contribution < 1.29 is 14.3 Å². The first kappa shape index (κ1) is 15.1. The molecule has 1 atom stereocenters. The number of amides is 1. The van der Waals surface area contributed by atoms with Crippen LogP contribution in [-0.2, 0) is 11.3 Å². The van der Waals surface area contributed by atoms with E-state index in [1.165, 1.54) is 18.4 Å². The van der Waals surface area contributed by atoms with Crippen molar-refractivity contribution in [3.8, 4) is 5.75 Å². The molecule has 2 aliphatic rings. The number of cyclic esters (lactones) is 1. The lowest BCUT2D eigenvalue weighted by atomic mass is 10.2. The minimum atomic E-state index is -0.386. The van der Waals surface area contributed by atoms with Gasteiger partial charge in [-0.2, -0.15) is 0 Å². The van der Waals surface area contributed by atoms with E-state index in [0.717, 1.165) is 21.2 Å². The molecule has 0 aromatic heterocycles. The van der Waals surface area contributed by atoms with E-state index in [1.807, 2.05) is 12.1 Å². The van der Waals surface area contributed by atoms with Crippen molar-refractivity contribution in [1.29, 1.82) is 0 Å². The number of halogens is 2. The molecule has 1 saturated carbocycles. The van der Waals surface area contributed by atoms with Gasteiger partial charge in [-0.1, -0.05) is 0 Å². The van der Waals surface area contributed by atoms with Gasteiger partial charge in [0.05, 0.1) is 15.5 Å². The summed E-state index contributed by atoms with van der Waals surface area (Å²) >= 11 is 7.07. The number of hydrogen-bond donors (Lipinski definition) is 2. The van der Waals surface area contributed by atoms with Gasteiger partial charge >= 0.3 is 6.09 Å². The monoisotopic (exact) mass is 418 g/mol. The van der Waals surface area contributed by atoms with Crippen LogP contribution in [0.1, 0.15) is 18.4 Å². The van der Waals surface area contributed by atoms with E-state index < -0.39 is 0 Å². The van der Waals surface area contributed by atoms with Gasteiger partial charge in [-0.25, -0.2) is 4.79 Å². The van der Waals surface area contributed by atoms with Crippen LogP contribution in [0.4, 0.5) is 4.79 Å².